The van der Waals surface area contributed by atoms with Gasteiger partial charge in [0.15, 0.2) is 5.78 Å². The van der Waals surface area contributed by atoms with Crippen molar-refractivity contribution in [2.75, 3.05) is 0 Å². The number of Topliss-reactive ketones (excluding diaryl/α,β-unsaturated/α-hetero) is 1. The van der Waals surface area contributed by atoms with Crippen molar-refractivity contribution < 1.29 is 19.2 Å². The minimum atomic E-state index is -1.10. The van der Waals surface area contributed by atoms with Gasteiger partial charge in [0.1, 0.15) is 5.54 Å². The van der Waals surface area contributed by atoms with Gasteiger partial charge in [0.25, 0.3) is 5.91 Å². The van der Waals surface area contributed by atoms with Crippen LogP contribution in [0.5, 0.6) is 0 Å². The molecule has 166 valence electrons. The second-order valence-corrected chi connectivity index (χ2v) is 8.68. The van der Waals surface area contributed by atoms with Crippen LogP contribution in [0, 0.1) is 0 Å². The van der Waals surface area contributed by atoms with Gasteiger partial charge in [-0.1, -0.05) is 42.5 Å². The summed E-state index contributed by atoms with van der Waals surface area (Å²) in [5, 5.41) is 3.41. The molecule has 1 aliphatic heterocycles. The van der Waals surface area contributed by atoms with Crippen molar-refractivity contribution in [3.8, 4) is 0 Å². The van der Waals surface area contributed by atoms with Gasteiger partial charge < -0.3 is 5.32 Å². The fourth-order valence-corrected chi connectivity index (χ4v) is 4.29. The van der Waals surface area contributed by atoms with E-state index in [1.165, 1.54) is 11.1 Å². The van der Waals surface area contributed by atoms with Crippen molar-refractivity contribution in [2.45, 2.75) is 57.4 Å². The number of nitrogens with one attached hydrogen (secondary N) is 2. The van der Waals surface area contributed by atoms with Gasteiger partial charge in [-0.2, -0.15) is 5.01 Å². The monoisotopic (exact) mass is 433 g/mol. The Balaban J connectivity index is 1.30. The average Bonchev–Trinajstić information content (AvgIpc) is 3.35. The number of benzene rings is 2. The number of nitrogens with zero attached hydrogens (tertiary/aromatic N) is 1. The Morgan fingerprint density at radius 3 is 2.56 bits per heavy atom. The van der Waals surface area contributed by atoms with Crippen molar-refractivity contribution in [1.29, 1.82) is 0 Å². The van der Waals surface area contributed by atoms with E-state index in [9.17, 15) is 19.2 Å². The molecular weight excluding hydrogens is 406 g/mol. The zero-order valence-corrected chi connectivity index (χ0v) is 18.1. The number of amides is 4. The van der Waals surface area contributed by atoms with Crippen molar-refractivity contribution in [3.05, 3.63) is 70.8 Å². The van der Waals surface area contributed by atoms with Crippen LogP contribution >= 0.6 is 0 Å². The first-order valence-corrected chi connectivity index (χ1v) is 11.0. The Morgan fingerprint density at radius 2 is 1.78 bits per heavy atom. The molecule has 1 saturated heterocycles. The largest absolute Gasteiger partial charge is 0.344 e. The number of hydrazine groups is 1. The Labute approximate surface area is 187 Å². The fraction of sp³-hybridized carbons (Fsp3) is 0.360. The Kier molecular flexibility index (Phi) is 6.08. The quantitative estimate of drug-likeness (QED) is 0.494. The molecule has 0 aromatic heterocycles. The van der Waals surface area contributed by atoms with Crippen LogP contribution in [-0.4, -0.2) is 34.2 Å². The summed E-state index contributed by atoms with van der Waals surface area (Å²) in [6, 6.07) is 14.7. The minimum Gasteiger partial charge on any atom is -0.322 e. The van der Waals surface area contributed by atoms with Crippen molar-refractivity contribution in [3.63, 3.8) is 0 Å². The summed E-state index contributed by atoms with van der Waals surface area (Å²) in [4.78, 5) is 50.0. The number of carbonyl (C=O) groups excluding carboxylic acids is 4. The molecule has 2 aliphatic rings. The molecule has 1 fully saturated rings. The SMILES string of the molecule is C[C@]1(CCc2ccccc2)NC(=O)N(NC(=O)CCC(=O)c2ccc3c(c2)CCC3)C1=O. The molecule has 32 heavy (non-hydrogen) atoms. The van der Waals surface area contributed by atoms with Crippen LogP contribution in [-0.2, 0) is 28.9 Å². The molecule has 7 heteroatoms. The second-order valence-electron chi connectivity index (χ2n) is 8.68. The van der Waals surface area contributed by atoms with Crippen LogP contribution in [0.3, 0.4) is 0 Å². The summed E-state index contributed by atoms with van der Waals surface area (Å²) >= 11 is 0. The topological polar surface area (TPSA) is 95.6 Å². The average molecular weight is 434 g/mol. The van der Waals surface area contributed by atoms with Crippen LogP contribution in [0.15, 0.2) is 48.5 Å². The van der Waals surface area contributed by atoms with E-state index in [0.29, 0.717) is 18.4 Å². The van der Waals surface area contributed by atoms with E-state index in [1.54, 1.807) is 13.0 Å². The molecule has 0 saturated carbocycles. The first-order valence-electron chi connectivity index (χ1n) is 11.0. The van der Waals surface area contributed by atoms with E-state index in [-0.39, 0.29) is 18.6 Å². The second kappa shape index (κ2) is 8.94. The molecule has 0 radical (unpaired) electrons. The number of imide groups is 1. The number of urea groups is 1. The molecular formula is C25H27N3O4. The van der Waals surface area contributed by atoms with Gasteiger partial charge in [-0.25, -0.2) is 4.79 Å². The van der Waals surface area contributed by atoms with E-state index >= 15 is 0 Å². The van der Waals surface area contributed by atoms with E-state index in [1.807, 2.05) is 42.5 Å². The Bertz CT molecular complexity index is 1070. The summed E-state index contributed by atoms with van der Waals surface area (Å²) in [6.45, 7) is 1.65. The lowest BCUT2D eigenvalue weighted by atomic mass is 9.93. The lowest BCUT2D eigenvalue weighted by molar-refractivity contribution is -0.138. The maximum atomic E-state index is 12.8. The summed E-state index contributed by atoms with van der Waals surface area (Å²) < 4.78 is 0. The first-order chi connectivity index (χ1) is 15.4. The van der Waals surface area contributed by atoms with E-state index in [2.05, 4.69) is 10.7 Å². The first kappa shape index (κ1) is 21.7. The highest BCUT2D eigenvalue weighted by Crippen LogP contribution is 2.24. The zero-order chi connectivity index (χ0) is 22.7. The van der Waals surface area contributed by atoms with Gasteiger partial charge in [-0.3, -0.25) is 19.8 Å². The maximum Gasteiger partial charge on any atom is 0.344 e. The van der Waals surface area contributed by atoms with E-state index < -0.39 is 23.4 Å². The maximum absolute atomic E-state index is 12.8. The van der Waals surface area contributed by atoms with Gasteiger partial charge in [-0.05, 0) is 61.8 Å². The summed E-state index contributed by atoms with van der Waals surface area (Å²) in [5.41, 5.74) is 5.41. The van der Waals surface area contributed by atoms with Crippen LogP contribution in [0.4, 0.5) is 4.79 Å². The van der Waals surface area contributed by atoms with Crippen LogP contribution in [0.2, 0.25) is 0 Å². The van der Waals surface area contributed by atoms with Crippen LogP contribution in [0.1, 0.15) is 59.7 Å². The molecule has 2 aromatic rings. The third-order valence-corrected chi connectivity index (χ3v) is 6.25. The fourth-order valence-electron chi connectivity index (χ4n) is 4.29. The number of carbonyl (C=O) groups is 4. The van der Waals surface area contributed by atoms with Gasteiger partial charge in [0.2, 0.25) is 5.91 Å². The smallest absolute Gasteiger partial charge is 0.322 e. The molecule has 7 nitrogen and oxygen atoms in total. The molecule has 4 rings (SSSR count). The number of hydrogen-bond acceptors (Lipinski definition) is 4. The molecule has 1 atom stereocenters. The highest BCUT2D eigenvalue weighted by Gasteiger charge is 2.48. The number of hydrogen-bond donors (Lipinski definition) is 2. The summed E-state index contributed by atoms with van der Waals surface area (Å²) in [7, 11) is 0. The third kappa shape index (κ3) is 4.56. The Morgan fingerprint density at radius 1 is 1.03 bits per heavy atom. The predicted octanol–water partition coefficient (Wildman–Crippen LogP) is 3.11. The van der Waals surface area contributed by atoms with Crippen LogP contribution < -0.4 is 10.7 Å². The van der Waals surface area contributed by atoms with Gasteiger partial charge in [-0.15, -0.1) is 0 Å². The predicted molar refractivity (Wildman–Crippen MR) is 119 cm³/mol. The lowest BCUT2D eigenvalue weighted by Gasteiger charge is -2.21. The Hall–Kier alpha value is -3.48. The highest BCUT2D eigenvalue weighted by atomic mass is 16.2. The number of ketones is 1. The molecule has 2 aromatic carbocycles. The molecule has 1 aliphatic carbocycles. The van der Waals surface area contributed by atoms with Gasteiger partial charge in [0, 0.05) is 18.4 Å². The number of aryl methyl sites for hydroxylation is 3. The summed E-state index contributed by atoms with van der Waals surface area (Å²) in [6.07, 6.45) is 4.05. The molecule has 0 spiro atoms. The minimum absolute atomic E-state index is 0.0134. The van der Waals surface area contributed by atoms with Crippen molar-refractivity contribution >= 4 is 23.6 Å². The van der Waals surface area contributed by atoms with E-state index in [4.69, 9.17) is 0 Å². The molecule has 0 unspecified atom stereocenters. The number of rotatable bonds is 8. The zero-order valence-electron chi connectivity index (χ0n) is 18.1. The van der Waals surface area contributed by atoms with Crippen molar-refractivity contribution in [1.82, 2.24) is 15.8 Å². The molecule has 1 heterocycles. The lowest BCUT2D eigenvalue weighted by Crippen LogP contribution is -2.49. The van der Waals surface area contributed by atoms with Gasteiger partial charge in [0.05, 0.1) is 0 Å². The summed E-state index contributed by atoms with van der Waals surface area (Å²) in [5.74, 6) is -1.17. The van der Waals surface area contributed by atoms with Crippen molar-refractivity contribution in [2.24, 2.45) is 0 Å². The van der Waals surface area contributed by atoms with E-state index in [0.717, 1.165) is 29.8 Å². The number of fused-ring (bicyclic) bond motifs is 1. The van der Waals surface area contributed by atoms with Gasteiger partial charge >= 0.3 is 6.03 Å². The normalized spacial score (nSPS) is 19.6. The third-order valence-electron chi connectivity index (χ3n) is 6.25. The standard InChI is InChI=1S/C25H27N3O4/c1-25(15-14-17-6-3-2-4-7-17)23(31)28(24(32)26-25)27-22(30)13-12-21(29)20-11-10-18-8-5-9-19(18)16-20/h2-4,6-7,10-11,16H,5,8-9,12-15H2,1H3,(H,26,32)(H,27,30)/t25-/m1/s1. The molecule has 2 N–H and O–H groups in total. The van der Waals surface area contributed by atoms with Crippen LogP contribution in [0.25, 0.3) is 0 Å². The highest BCUT2D eigenvalue weighted by molar-refractivity contribution is 6.08. The molecule has 4 amide bonds. The molecule has 0 bridgehead atoms.